The maximum atomic E-state index is 12.1. The Morgan fingerprint density at radius 3 is 2.85 bits per heavy atom. The fourth-order valence-corrected chi connectivity index (χ4v) is 2.89. The van der Waals surface area contributed by atoms with Crippen LogP contribution in [-0.2, 0) is 22.6 Å². The summed E-state index contributed by atoms with van der Waals surface area (Å²) >= 11 is 0. The number of carbonyl (C=O) groups excluding carboxylic acids is 1. The standard InChI is InChI=1S/C19H17N3O4/c1-11-7-15(12(2)25-11)19-22-21-17(26-19)10-24-18(23)8-13-9-20-16-6-4-3-5-14(13)16/h3-7,9,20H,8,10H2,1-2H3. The second-order valence-electron chi connectivity index (χ2n) is 6.02. The van der Waals surface area contributed by atoms with Gasteiger partial charge in [0.2, 0.25) is 0 Å². The number of H-pyrrole nitrogens is 1. The van der Waals surface area contributed by atoms with Gasteiger partial charge in [-0.15, -0.1) is 10.2 Å². The Morgan fingerprint density at radius 1 is 1.19 bits per heavy atom. The molecule has 0 saturated heterocycles. The van der Waals surface area contributed by atoms with Gasteiger partial charge in [-0.05, 0) is 31.5 Å². The van der Waals surface area contributed by atoms with Gasteiger partial charge in [-0.2, -0.15) is 0 Å². The highest BCUT2D eigenvalue weighted by Crippen LogP contribution is 2.25. The molecule has 0 amide bonds. The number of para-hydroxylation sites is 1. The number of ether oxygens (including phenoxy) is 1. The molecule has 4 rings (SSSR count). The van der Waals surface area contributed by atoms with Gasteiger partial charge in [-0.3, -0.25) is 4.79 Å². The van der Waals surface area contributed by atoms with Crippen molar-refractivity contribution in [2.45, 2.75) is 26.9 Å². The quantitative estimate of drug-likeness (QED) is 0.551. The molecule has 0 aliphatic rings. The van der Waals surface area contributed by atoms with Crippen LogP contribution < -0.4 is 0 Å². The Hall–Kier alpha value is -3.35. The van der Waals surface area contributed by atoms with Crippen molar-refractivity contribution in [3.05, 3.63) is 59.5 Å². The number of aromatic amines is 1. The van der Waals surface area contributed by atoms with Crippen LogP contribution >= 0.6 is 0 Å². The molecule has 0 aliphatic heterocycles. The maximum absolute atomic E-state index is 12.1. The topological polar surface area (TPSA) is 94.2 Å². The van der Waals surface area contributed by atoms with E-state index < -0.39 is 0 Å². The third-order valence-electron chi connectivity index (χ3n) is 4.10. The Kier molecular flexibility index (Phi) is 4.04. The number of aromatic nitrogens is 3. The molecule has 1 N–H and O–H groups in total. The van der Waals surface area contributed by atoms with E-state index >= 15 is 0 Å². The first-order chi connectivity index (χ1) is 12.6. The van der Waals surface area contributed by atoms with Gasteiger partial charge in [0.05, 0.1) is 12.0 Å². The molecular formula is C19H17N3O4. The molecule has 0 fully saturated rings. The molecule has 7 nitrogen and oxygen atoms in total. The lowest BCUT2D eigenvalue weighted by atomic mass is 10.1. The van der Waals surface area contributed by atoms with E-state index in [4.69, 9.17) is 13.6 Å². The molecule has 1 aromatic carbocycles. The maximum Gasteiger partial charge on any atom is 0.310 e. The van der Waals surface area contributed by atoms with E-state index in [0.717, 1.165) is 27.8 Å². The van der Waals surface area contributed by atoms with Crippen molar-refractivity contribution in [1.82, 2.24) is 15.2 Å². The summed E-state index contributed by atoms with van der Waals surface area (Å²) in [6.45, 7) is 3.61. The van der Waals surface area contributed by atoms with Gasteiger partial charge >= 0.3 is 5.97 Å². The Labute approximate surface area is 149 Å². The number of nitrogens with one attached hydrogen (secondary N) is 1. The SMILES string of the molecule is Cc1cc(-c2nnc(COC(=O)Cc3c[nH]c4ccccc34)o2)c(C)o1. The van der Waals surface area contributed by atoms with Crippen molar-refractivity contribution in [3.63, 3.8) is 0 Å². The van der Waals surface area contributed by atoms with Crippen LogP contribution in [0, 0.1) is 13.8 Å². The van der Waals surface area contributed by atoms with Crippen LogP contribution in [0.25, 0.3) is 22.4 Å². The van der Waals surface area contributed by atoms with Crippen LogP contribution in [0.15, 0.2) is 45.4 Å². The number of hydrogen-bond acceptors (Lipinski definition) is 6. The summed E-state index contributed by atoms with van der Waals surface area (Å²) in [7, 11) is 0. The fraction of sp³-hybridized carbons (Fsp3) is 0.211. The second kappa shape index (κ2) is 6.51. The zero-order chi connectivity index (χ0) is 18.1. The van der Waals surface area contributed by atoms with Crippen LogP contribution in [-0.4, -0.2) is 21.2 Å². The van der Waals surface area contributed by atoms with Gasteiger partial charge in [-0.25, -0.2) is 0 Å². The smallest absolute Gasteiger partial charge is 0.310 e. The molecule has 4 aromatic rings. The van der Waals surface area contributed by atoms with Crippen LogP contribution in [0.1, 0.15) is 23.0 Å². The largest absolute Gasteiger partial charge is 0.466 e. The minimum Gasteiger partial charge on any atom is -0.466 e. The Morgan fingerprint density at radius 2 is 2.04 bits per heavy atom. The van der Waals surface area contributed by atoms with Crippen molar-refractivity contribution >= 4 is 16.9 Å². The summed E-state index contributed by atoms with van der Waals surface area (Å²) in [4.78, 5) is 15.3. The molecule has 3 heterocycles. The lowest BCUT2D eigenvalue weighted by Gasteiger charge is -2.01. The van der Waals surface area contributed by atoms with Crippen molar-refractivity contribution in [2.75, 3.05) is 0 Å². The van der Waals surface area contributed by atoms with Gasteiger partial charge in [0, 0.05) is 17.1 Å². The van der Waals surface area contributed by atoms with Crippen molar-refractivity contribution in [3.8, 4) is 11.5 Å². The lowest BCUT2D eigenvalue weighted by Crippen LogP contribution is -2.07. The summed E-state index contributed by atoms with van der Waals surface area (Å²) in [5.74, 6) is 1.70. The summed E-state index contributed by atoms with van der Waals surface area (Å²) in [5.41, 5.74) is 2.62. The van der Waals surface area contributed by atoms with Crippen molar-refractivity contribution in [1.29, 1.82) is 0 Å². The van der Waals surface area contributed by atoms with E-state index in [1.807, 2.05) is 50.4 Å². The summed E-state index contributed by atoms with van der Waals surface area (Å²) in [6.07, 6.45) is 1.99. The Bertz CT molecular complexity index is 1070. The van der Waals surface area contributed by atoms with Gasteiger partial charge in [0.25, 0.3) is 11.8 Å². The first-order valence-corrected chi connectivity index (χ1v) is 8.20. The first kappa shape index (κ1) is 16.1. The molecule has 0 unspecified atom stereocenters. The normalized spacial score (nSPS) is 11.2. The third-order valence-corrected chi connectivity index (χ3v) is 4.10. The van der Waals surface area contributed by atoms with Crippen LogP contribution in [0.2, 0.25) is 0 Å². The minimum atomic E-state index is -0.357. The van der Waals surface area contributed by atoms with Crippen molar-refractivity contribution in [2.24, 2.45) is 0 Å². The number of aryl methyl sites for hydroxylation is 2. The van der Waals surface area contributed by atoms with Gasteiger partial charge in [0.1, 0.15) is 11.5 Å². The molecule has 7 heteroatoms. The molecule has 0 aliphatic carbocycles. The zero-order valence-electron chi connectivity index (χ0n) is 14.4. The summed E-state index contributed by atoms with van der Waals surface area (Å²) in [6, 6.07) is 9.63. The van der Waals surface area contributed by atoms with E-state index in [2.05, 4.69) is 15.2 Å². The molecule has 0 bridgehead atoms. The highest BCUT2D eigenvalue weighted by Gasteiger charge is 2.16. The number of fused-ring (bicyclic) bond motifs is 1. The summed E-state index contributed by atoms with van der Waals surface area (Å²) < 4.78 is 16.3. The average Bonchev–Trinajstić information content (AvgIpc) is 3.32. The van der Waals surface area contributed by atoms with E-state index in [-0.39, 0.29) is 24.9 Å². The van der Waals surface area contributed by atoms with Gasteiger partial charge in [0.15, 0.2) is 6.61 Å². The highest BCUT2D eigenvalue weighted by atomic mass is 16.5. The minimum absolute atomic E-state index is 0.0654. The molecule has 0 saturated carbocycles. The second-order valence-corrected chi connectivity index (χ2v) is 6.02. The summed E-state index contributed by atoms with van der Waals surface area (Å²) in [5, 5.41) is 8.91. The molecule has 0 radical (unpaired) electrons. The zero-order valence-corrected chi connectivity index (χ0v) is 14.4. The van der Waals surface area contributed by atoms with Crippen LogP contribution in [0.5, 0.6) is 0 Å². The Balaban J connectivity index is 1.40. The number of carbonyl (C=O) groups is 1. The lowest BCUT2D eigenvalue weighted by molar-refractivity contribution is -0.144. The molecule has 0 atom stereocenters. The number of rotatable bonds is 5. The number of hydrogen-bond donors (Lipinski definition) is 1. The monoisotopic (exact) mass is 351 g/mol. The third kappa shape index (κ3) is 3.11. The molecule has 3 aromatic heterocycles. The average molecular weight is 351 g/mol. The molecular weight excluding hydrogens is 334 g/mol. The fourth-order valence-electron chi connectivity index (χ4n) is 2.89. The first-order valence-electron chi connectivity index (χ1n) is 8.20. The van der Waals surface area contributed by atoms with Gasteiger partial charge < -0.3 is 18.6 Å². The van der Waals surface area contributed by atoms with E-state index in [9.17, 15) is 4.79 Å². The molecule has 0 spiro atoms. The van der Waals surface area contributed by atoms with E-state index in [1.165, 1.54) is 0 Å². The van der Waals surface area contributed by atoms with Crippen molar-refractivity contribution < 1.29 is 18.4 Å². The highest BCUT2D eigenvalue weighted by molar-refractivity contribution is 5.87. The predicted molar refractivity (Wildman–Crippen MR) is 93.3 cm³/mol. The number of furan rings is 1. The van der Waals surface area contributed by atoms with E-state index in [0.29, 0.717) is 11.7 Å². The predicted octanol–water partition coefficient (Wildman–Crippen LogP) is 3.71. The molecule has 132 valence electrons. The van der Waals surface area contributed by atoms with Crippen LogP contribution in [0.4, 0.5) is 0 Å². The number of benzene rings is 1. The number of esters is 1. The number of nitrogens with zero attached hydrogens (tertiary/aromatic N) is 2. The van der Waals surface area contributed by atoms with Crippen LogP contribution in [0.3, 0.4) is 0 Å². The molecule has 26 heavy (non-hydrogen) atoms. The van der Waals surface area contributed by atoms with E-state index in [1.54, 1.807) is 0 Å². The van der Waals surface area contributed by atoms with Gasteiger partial charge in [-0.1, -0.05) is 18.2 Å².